The van der Waals surface area contributed by atoms with Gasteiger partial charge in [-0.25, -0.2) is 4.99 Å². The minimum Gasteiger partial charge on any atom is -0.371 e. The van der Waals surface area contributed by atoms with Gasteiger partial charge in [0.2, 0.25) is 23.7 Å². The SMILES string of the molecule is O=C(CNc1c(F)c(F)nc(F)c1F)NC1N=C(c2ccccc2)c2ccccc2NC1=O. The van der Waals surface area contributed by atoms with E-state index in [-0.39, 0.29) is 0 Å². The number of nitrogens with zero attached hydrogens (tertiary/aromatic N) is 2. The second kappa shape index (κ2) is 9.07. The summed E-state index contributed by atoms with van der Waals surface area (Å²) in [6, 6.07) is 15.9. The van der Waals surface area contributed by atoms with E-state index in [1.165, 1.54) is 0 Å². The van der Waals surface area contributed by atoms with Crippen LogP contribution in [0.2, 0.25) is 0 Å². The molecule has 1 aliphatic heterocycles. The maximum atomic E-state index is 13.7. The number of halogens is 4. The van der Waals surface area contributed by atoms with Gasteiger partial charge in [0.1, 0.15) is 5.69 Å². The molecule has 0 radical (unpaired) electrons. The molecule has 4 rings (SSSR count). The average molecular weight is 457 g/mol. The van der Waals surface area contributed by atoms with Gasteiger partial charge in [-0.2, -0.15) is 22.5 Å². The van der Waals surface area contributed by atoms with Crippen LogP contribution in [0.4, 0.5) is 28.9 Å². The van der Waals surface area contributed by atoms with E-state index in [9.17, 15) is 27.2 Å². The molecular weight excluding hydrogens is 442 g/mol. The summed E-state index contributed by atoms with van der Waals surface area (Å²) in [5.41, 5.74) is 1.02. The molecule has 0 aliphatic carbocycles. The first-order valence-corrected chi connectivity index (χ1v) is 9.62. The lowest BCUT2D eigenvalue weighted by molar-refractivity contribution is -0.125. The van der Waals surface area contributed by atoms with Gasteiger partial charge < -0.3 is 16.0 Å². The van der Waals surface area contributed by atoms with Crippen LogP contribution in [-0.2, 0) is 9.59 Å². The third kappa shape index (κ3) is 4.52. The first-order chi connectivity index (χ1) is 15.8. The van der Waals surface area contributed by atoms with Gasteiger partial charge in [0.05, 0.1) is 17.9 Å². The lowest BCUT2D eigenvalue weighted by Crippen LogP contribution is -2.44. The number of fused-ring (bicyclic) bond motifs is 1. The molecule has 11 heteroatoms. The first-order valence-electron chi connectivity index (χ1n) is 9.62. The number of anilines is 2. The summed E-state index contributed by atoms with van der Waals surface area (Å²) in [7, 11) is 0. The molecule has 3 aromatic rings. The van der Waals surface area contributed by atoms with Gasteiger partial charge in [0.25, 0.3) is 17.8 Å². The fraction of sp³-hybridized carbons (Fsp3) is 0.0909. The van der Waals surface area contributed by atoms with Gasteiger partial charge >= 0.3 is 0 Å². The highest BCUT2D eigenvalue weighted by atomic mass is 19.2. The van der Waals surface area contributed by atoms with Crippen LogP contribution in [0.5, 0.6) is 0 Å². The predicted molar refractivity (Wildman–Crippen MR) is 112 cm³/mol. The van der Waals surface area contributed by atoms with Gasteiger partial charge in [-0.05, 0) is 6.07 Å². The number of benzene rings is 2. The van der Waals surface area contributed by atoms with Crippen LogP contribution in [0, 0.1) is 23.5 Å². The van der Waals surface area contributed by atoms with E-state index in [1.807, 2.05) is 11.4 Å². The summed E-state index contributed by atoms with van der Waals surface area (Å²) < 4.78 is 54.0. The normalized spacial score (nSPS) is 15.1. The molecule has 0 saturated carbocycles. The van der Waals surface area contributed by atoms with Crippen molar-refractivity contribution in [2.24, 2.45) is 4.99 Å². The van der Waals surface area contributed by atoms with Crippen molar-refractivity contribution in [1.29, 1.82) is 0 Å². The van der Waals surface area contributed by atoms with Crippen LogP contribution in [0.25, 0.3) is 0 Å². The zero-order valence-electron chi connectivity index (χ0n) is 16.7. The number of aliphatic imine (C=N–C) groups is 1. The quantitative estimate of drug-likeness (QED) is 0.406. The molecule has 33 heavy (non-hydrogen) atoms. The molecule has 2 aromatic carbocycles. The second-order valence-corrected chi connectivity index (χ2v) is 6.90. The number of carbonyl (C=O) groups is 2. The van der Waals surface area contributed by atoms with Gasteiger partial charge in [-0.1, -0.05) is 48.5 Å². The minimum atomic E-state index is -1.87. The summed E-state index contributed by atoms with van der Waals surface area (Å²) in [5.74, 6) is -8.86. The third-order valence-corrected chi connectivity index (χ3v) is 4.71. The zero-order chi connectivity index (χ0) is 23.5. The molecule has 0 saturated heterocycles. The van der Waals surface area contributed by atoms with Gasteiger partial charge in [-0.15, -0.1) is 0 Å². The van der Waals surface area contributed by atoms with E-state index in [4.69, 9.17) is 0 Å². The van der Waals surface area contributed by atoms with Crippen molar-refractivity contribution in [1.82, 2.24) is 10.3 Å². The standard InChI is InChI=1S/C22H15F4N5O2/c23-15-18(16(24)20(26)31-19(15)25)27-10-14(32)29-21-22(33)28-13-9-5-4-8-12(13)17(30-21)11-6-2-1-3-7-11/h1-9,21H,10H2,(H,27,31)(H,28,33)(H,29,32). The molecule has 2 amide bonds. The number of rotatable bonds is 5. The third-order valence-electron chi connectivity index (χ3n) is 4.71. The summed E-state index contributed by atoms with van der Waals surface area (Å²) >= 11 is 0. The van der Waals surface area contributed by atoms with Crippen molar-refractivity contribution < 1.29 is 27.2 Å². The van der Waals surface area contributed by atoms with E-state index < -0.39 is 53.7 Å². The summed E-state index contributed by atoms with van der Waals surface area (Å²) in [6.45, 7) is -0.802. The van der Waals surface area contributed by atoms with Crippen molar-refractivity contribution in [3.63, 3.8) is 0 Å². The maximum absolute atomic E-state index is 13.7. The molecule has 3 N–H and O–H groups in total. The van der Waals surface area contributed by atoms with Crippen LogP contribution in [-0.4, -0.2) is 35.2 Å². The number of aromatic nitrogens is 1. The molecule has 0 fully saturated rings. The number of carbonyl (C=O) groups excluding carboxylic acids is 2. The number of para-hydroxylation sites is 1. The van der Waals surface area contributed by atoms with Crippen molar-refractivity contribution in [2.45, 2.75) is 6.17 Å². The van der Waals surface area contributed by atoms with E-state index in [1.54, 1.807) is 48.5 Å². The average Bonchev–Trinajstić information content (AvgIpc) is 2.94. The largest absolute Gasteiger partial charge is 0.371 e. The highest BCUT2D eigenvalue weighted by Gasteiger charge is 2.27. The minimum absolute atomic E-state index is 0.429. The summed E-state index contributed by atoms with van der Waals surface area (Å²) in [4.78, 5) is 31.9. The van der Waals surface area contributed by atoms with Gasteiger partial charge in [0, 0.05) is 11.1 Å². The highest BCUT2D eigenvalue weighted by molar-refractivity contribution is 6.19. The smallest absolute Gasteiger partial charge is 0.269 e. The molecule has 1 aliphatic rings. The van der Waals surface area contributed by atoms with Crippen LogP contribution in [0.15, 0.2) is 59.6 Å². The summed E-state index contributed by atoms with van der Waals surface area (Å²) in [6.07, 6.45) is -1.39. The summed E-state index contributed by atoms with van der Waals surface area (Å²) in [5, 5.41) is 6.98. The van der Waals surface area contributed by atoms with Gasteiger partial charge in [-0.3, -0.25) is 9.59 Å². The molecule has 0 spiro atoms. The fourth-order valence-corrected chi connectivity index (χ4v) is 3.20. The Kier molecular flexibility index (Phi) is 6.03. The van der Waals surface area contributed by atoms with Crippen LogP contribution in [0.1, 0.15) is 11.1 Å². The first kappa shape index (κ1) is 21.9. The van der Waals surface area contributed by atoms with Crippen LogP contribution < -0.4 is 16.0 Å². The fourth-order valence-electron chi connectivity index (χ4n) is 3.20. The van der Waals surface area contributed by atoms with Gasteiger partial charge in [0.15, 0.2) is 0 Å². The van der Waals surface area contributed by atoms with E-state index in [0.29, 0.717) is 22.5 Å². The number of nitrogens with one attached hydrogen (secondary N) is 3. The molecule has 1 aromatic heterocycles. The number of pyridine rings is 1. The van der Waals surface area contributed by atoms with Crippen molar-refractivity contribution >= 4 is 28.9 Å². The number of amides is 2. The lowest BCUT2D eigenvalue weighted by atomic mass is 10.0. The van der Waals surface area contributed by atoms with Crippen LogP contribution >= 0.6 is 0 Å². The Morgan fingerprint density at radius 3 is 2.27 bits per heavy atom. The topological polar surface area (TPSA) is 95.5 Å². The predicted octanol–water partition coefficient (Wildman–Crippen LogP) is 2.98. The Morgan fingerprint density at radius 1 is 0.939 bits per heavy atom. The zero-order valence-corrected chi connectivity index (χ0v) is 16.7. The Bertz CT molecular complexity index is 1240. The molecule has 1 atom stereocenters. The Morgan fingerprint density at radius 2 is 1.58 bits per heavy atom. The Labute approximate surface area is 184 Å². The number of hydrogen-bond donors (Lipinski definition) is 3. The maximum Gasteiger partial charge on any atom is 0.269 e. The number of benzodiazepines with no additional fused rings is 1. The van der Waals surface area contributed by atoms with E-state index >= 15 is 0 Å². The monoisotopic (exact) mass is 457 g/mol. The van der Waals surface area contributed by atoms with Crippen molar-refractivity contribution in [3.8, 4) is 0 Å². The molecular formula is C22H15F4N5O2. The highest BCUT2D eigenvalue weighted by Crippen LogP contribution is 2.24. The van der Waals surface area contributed by atoms with E-state index in [2.05, 4.69) is 20.6 Å². The molecule has 0 bridgehead atoms. The van der Waals surface area contributed by atoms with Crippen molar-refractivity contribution in [2.75, 3.05) is 17.2 Å². The number of hydrogen-bond acceptors (Lipinski definition) is 5. The molecule has 168 valence electrons. The lowest BCUT2D eigenvalue weighted by Gasteiger charge is -2.14. The molecule has 7 nitrogen and oxygen atoms in total. The van der Waals surface area contributed by atoms with E-state index in [0.717, 1.165) is 0 Å². The molecule has 1 unspecified atom stereocenters. The van der Waals surface area contributed by atoms with Crippen molar-refractivity contribution in [3.05, 3.63) is 89.3 Å². The van der Waals surface area contributed by atoms with Crippen LogP contribution in [0.3, 0.4) is 0 Å². The second-order valence-electron chi connectivity index (χ2n) is 6.90. The molecule has 2 heterocycles. The Balaban J connectivity index is 1.58. The Hall–Kier alpha value is -4.28.